The molecule has 2 aromatic heterocycles. The van der Waals surface area contributed by atoms with E-state index in [9.17, 15) is 9.59 Å². The molecule has 1 aromatic carbocycles. The Hall–Kier alpha value is -2.94. The first kappa shape index (κ1) is 18.8. The molecule has 0 saturated carbocycles. The fourth-order valence-electron chi connectivity index (χ4n) is 2.31. The molecule has 0 radical (unpaired) electrons. The van der Waals surface area contributed by atoms with Crippen LogP contribution < -0.4 is 10.9 Å². The van der Waals surface area contributed by atoms with Gasteiger partial charge in [-0.25, -0.2) is 4.68 Å². The average Bonchev–Trinajstić information content (AvgIpc) is 3.07. The summed E-state index contributed by atoms with van der Waals surface area (Å²) in [7, 11) is 1.88. The van der Waals surface area contributed by atoms with Gasteiger partial charge in [0.25, 0.3) is 11.5 Å². The zero-order chi connectivity index (χ0) is 19.2. The molecule has 1 amide bonds. The Morgan fingerprint density at radius 1 is 1.19 bits per heavy atom. The van der Waals surface area contributed by atoms with Crippen molar-refractivity contribution in [1.29, 1.82) is 0 Å². The Labute approximate surface area is 160 Å². The van der Waals surface area contributed by atoms with Crippen LogP contribution in [-0.4, -0.2) is 30.5 Å². The summed E-state index contributed by atoms with van der Waals surface area (Å²) in [5, 5.41) is 15.6. The van der Waals surface area contributed by atoms with Gasteiger partial charge >= 0.3 is 0 Å². The SMILES string of the molecule is CCCCn1nc(C(=O)Nc2ccc(Sc3nncn3C)cc2)ccc1=O. The number of unbranched alkanes of at least 4 members (excludes halogenated alkanes) is 1. The van der Waals surface area contributed by atoms with Crippen molar-refractivity contribution >= 4 is 23.4 Å². The van der Waals surface area contributed by atoms with Gasteiger partial charge < -0.3 is 9.88 Å². The van der Waals surface area contributed by atoms with E-state index >= 15 is 0 Å². The third kappa shape index (κ3) is 4.82. The second-order valence-electron chi connectivity index (χ2n) is 5.94. The fourth-order valence-corrected chi connectivity index (χ4v) is 3.07. The number of nitrogens with zero attached hydrogens (tertiary/aromatic N) is 5. The van der Waals surface area contributed by atoms with Crippen LogP contribution in [0.25, 0.3) is 0 Å². The van der Waals surface area contributed by atoms with Crippen LogP contribution in [0, 0.1) is 0 Å². The Morgan fingerprint density at radius 3 is 2.63 bits per heavy atom. The van der Waals surface area contributed by atoms with E-state index in [1.165, 1.54) is 28.6 Å². The number of hydrogen-bond donors (Lipinski definition) is 1. The van der Waals surface area contributed by atoms with Crippen molar-refractivity contribution in [2.75, 3.05) is 5.32 Å². The van der Waals surface area contributed by atoms with Crippen molar-refractivity contribution in [2.45, 2.75) is 36.4 Å². The standard InChI is InChI=1S/C18H20N6O2S/c1-3-4-11-24-16(25)10-9-15(22-24)17(26)20-13-5-7-14(8-6-13)27-18-21-19-12-23(18)2/h5-10,12H,3-4,11H2,1-2H3,(H,20,26). The molecule has 0 unspecified atom stereocenters. The summed E-state index contributed by atoms with van der Waals surface area (Å²) in [5.74, 6) is -0.353. The smallest absolute Gasteiger partial charge is 0.276 e. The molecule has 0 fully saturated rings. The highest BCUT2D eigenvalue weighted by atomic mass is 32.2. The first-order valence-electron chi connectivity index (χ1n) is 8.58. The lowest BCUT2D eigenvalue weighted by Crippen LogP contribution is -2.26. The van der Waals surface area contributed by atoms with E-state index in [1.54, 1.807) is 6.33 Å². The second-order valence-corrected chi connectivity index (χ2v) is 6.98. The van der Waals surface area contributed by atoms with Crippen molar-refractivity contribution < 1.29 is 4.79 Å². The molecule has 0 aliphatic carbocycles. The molecule has 9 heteroatoms. The van der Waals surface area contributed by atoms with Crippen LogP contribution in [-0.2, 0) is 13.6 Å². The molecule has 1 N–H and O–H groups in total. The summed E-state index contributed by atoms with van der Waals surface area (Å²) in [6.45, 7) is 2.54. The third-order valence-corrected chi connectivity index (χ3v) is 4.87. The molecule has 3 aromatic rings. The monoisotopic (exact) mass is 384 g/mol. The largest absolute Gasteiger partial charge is 0.321 e. The van der Waals surface area contributed by atoms with Crippen molar-refractivity contribution in [3.8, 4) is 0 Å². The zero-order valence-electron chi connectivity index (χ0n) is 15.1. The van der Waals surface area contributed by atoms with Gasteiger partial charge in [0.05, 0.1) is 0 Å². The van der Waals surface area contributed by atoms with Crippen molar-refractivity contribution in [2.24, 2.45) is 7.05 Å². The number of rotatable bonds is 7. The Kier molecular flexibility index (Phi) is 6.02. The first-order valence-corrected chi connectivity index (χ1v) is 9.40. The molecule has 0 spiro atoms. The molecule has 0 atom stereocenters. The first-order chi connectivity index (χ1) is 13.1. The Morgan fingerprint density at radius 2 is 1.96 bits per heavy atom. The molecule has 0 bridgehead atoms. The van der Waals surface area contributed by atoms with Gasteiger partial charge in [-0.3, -0.25) is 9.59 Å². The van der Waals surface area contributed by atoms with Crippen LogP contribution in [0.4, 0.5) is 5.69 Å². The Balaban J connectivity index is 1.67. The van der Waals surface area contributed by atoms with E-state index in [0.717, 1.165) is 22.9 Å². The van der Waals surface area contributed by atoms with Crippen LogP contribution in [0.15, 0.2) is 57.6 Å². The number of benzene rings is 1. The summed E-state index contributed by atoms with van der Waals surface area (Å²) in [5.41, 5.74) is 0.656. The molecule has 0 aliphatic heterocycles. The fraction of sp³-hybridized carbons (Fsp3) is 0.278. The van der Waals surface area contributed by atoms with Gasteiger partial charge in [-0.15, -0.1) is 10.2 Å². The highest BCUT2D eigenvalue weighted by Crippen LogP contribution is 2.26. The van der Waals surface area contributed by atoms with E-state index in [-0.39, 0.29) is 17.2 Å². The topological polar surface area (TPSA) is 94.7 Å². The summed E-state index contributed by atoms with van der Waals surface area (Å²) in [6.07, 6.45) is 3.43. The van der Waals surface area contributed by atoms with Crippen LogP contribution >= 0.6 is 11.8 Å². The summed E-state index contributed by atoms with van der Waals surface area (Å²) in [6, 6.07) is 10.2. The minimum Gasteiger partial charge on any atom is -0.321 e. The van der Waals surface area contributed by atoms with Crippen LogP contribution in [0.2, 0.25) is 0 Å². The van der Waals surface area contributed by atoms with Gasteiger partial charge in [0.2, 0.25) is 0 Å². The van der Waals surface area contributed by atoms with Gasteiger partial charge in [-0.1, -0.05) is 13.3 Å². The second kappa shape index (κ2) is 8.63. The minimum atomic E-state index is -0.353. The number of nitrogens with one attached hydrogen (secondary N) is 1. The quantitative estimate of drug-likeness (QED) is 0.673. The number of carbonyl (C=O) groups is 1. The van der Waals surface area contributed by atoms with Gasteiger partial charge in [-0.2, -0.15) is 5.10 Å². The molecule has 27 heavy (non-hydrogen) atoms. The molecule has 140 valence electrons. The molecular formula is C18H20N6O2S. The van der Waals surface area contributed by atoms with E-state index in [4.69, 9.17) is 0 Å². The number of aromatic nitrogens is 5. The third-order valence-electron chi connectivity index (χ3n) is 3.81. The normalized spacial score (nSPS) is 10.7. The van der Waals surface area contributed by atoms with E-state index < -0.39 is 0 Å². The lowest BCUT2D eigenvalue weighted by molar-refractivity contribution is 0.101. The number of amides is 1. The van der Waals surface area contributed by atoms with Crippen molar-refractivity contribution in [3.05, 3.63) is 58.8 Å². The van der Waals surface area contributed by atoms with Gasteiger partial charge in [0.15, 0.2) is 5.16 Å². The molecule has 0 aliphatic rings. The van der Waals surface area contributed by atoms with E-state index in [2.05, 4.69) is 20.6 Å². The maximum Gasteiger partial charge on any atom is 0.276 e. The summed E-state index contributed by atoms with van der Waals surface area (Å²) in [4.78, 5) is 25.2. The maximum absolute atomic E-state index is 12.4. The van der Waals surface area contributed by atoms with Gasteiger partial charge in [0, 0.05) is 30.2 Å². The molecule has 8 nitrogen and oxygen atoms in total. The molecule has 3 rings (SSSR count). The van der Waals surface area contributed by atoms with Gasteiger partial charge in [-0.05, 0) is 48.5 Å². The highest BCUT2D eigenvalue weighted by molar-refractivity contribution is 7.99. The number of carbonyl (C=O) groups excluding carboxylic acids is 1. The van der Waals surface area contributed by atoms with E-state index in [0.29, 0.717) is 12.2 Å². The van der Waals surface area contributed by atoms with Gasteiger partial charge in [0.1, 0.15) is 12.0 Å². The van der Waals surface area contributed by atoms with Crippen molar-refractivity contribution in [3.63, 3.8) is 0 Å². The lowest BCUT2D eigenvalue weighted by atomic mass is 10.3. The van der Waals surface area contributed by atoms with E-state index in [1.807, 2.05) is 42.8 Å². The minimum absolute atomic E-state index is 0.204. The number of aryl methyl sites for hydroxylation is 2. The average molecular weight is 384 g/mol. The number of anilines is 1. The summed E-state index contributed by atoms with van der Waals surface area (Å²) >= 11 is 1.48. The molecular weight excluding hydrogens is 364 g/mol. The van der Waals surface area contributed by atoms with Crippen LogP contribution in [0.3, 0.4) is 0 Å². The molecule has 2 heterocycles. The number of hydrogen-bond acceptors (Lipinski definition) is 6. The molecule has 0 saturated heterocycles. The Bertz CT molecular complexity index is 980. The lowest BCUT2D eigenvalue weighted by Gasteiger charge is -2.08. The zero-order valence-corrected chi connectivity index (χ0v) is 15.9. The van der Waals surface area contributed by atoms with Crippen molar-refractivity contribution in [1.82, 2.24) is 24.5 Å². The van der Waals surface area contributed by atoms with Crippen LogP contribution in [0.5, 0.6) is 0 Å². The predicted molar refractivity (Wildman–Crippen MR) is 103 cm³/mol. The van der Waals surface area contributed by atoms with Crippen LogP contribution in [0.1, 0.15) is 30.3 Å². The highest BCUT2D eigenvalue weighted by Gasteiger charge is 2.10. The summed E-state index contributed by atoms with van der Waals surface area (Å²) < 4.78 is 3.17. The maximum atomic E-state index is 12.4. The predicted octanol–water partition coefficient (Wildman–Crippen LogP) is 2.58.